The lowest BCUT2D eigenvalue weighted by Gasteiger charge is -2.04. The number of rotatable bonds is 20. The molecule has 0 amide bonds. The fourth-order valence-electron chi connectivity index (χ4n) is 3.77. The molecule has 0 aliphatic carbocycles. The van der Waals surface area contributed by atoms with Gasteiger partial charge in [0.05, 0.1) is 12.9 Å². The predicted molar refractivity (Wildman–Crippen MR) is 138 cm³/mol. The van der Waals surface area contributed by atoms with Crippen molar-refractivity contribution in [2.75, 3.05) is 12.9 Å². The molecular formula is C25H43IO3S. The van der Waals surface area contributed by atoms with Crippen LogP contribution in [0.25, 0.3) is 0 Å². The van der Waals surface area contributed by atoms with Crippen LogP contribution in [0.1, 0.15) is 108 Å². The molecule has 1 rings (SSSR count). The monoisotopic (exact) mass is 550 g/mol. The van der Waals surface area contributed by atoms with Crippen LogP contribution in [0.5, 0.6) is 0 Å². The van der Waals surface area contributed by atoms with Gasteiger partial charge in [0.15, 0.2) is 0 Å². The molecule has 30 heavy (non-hydrogen) atoms. The van der Waals surface area contributed by atoms with Crippen molar-refractivity contribution in [3.05, 3.63) is 33.4 Å². The summed E-state index contributed by atoms with van der Waals surface area (Å²) in [6, 6.07) is 8.95. The first-order chi connectivity index (χ1) is 14.5. The second-order valence-electron chi connectivity index (χ2n) is 8.56. The van der Waals surface area contributed by atoms with Gasteiger partial charge in [-0.1, -0.05) is 102 Å². The Morgan fingerprint density at radius 3 is 1.40 bits per heavy atom. The Bertz CT molecular complexity index is 614. The van der Waals surface area contributed by atoms with Crippen molar-refractivity contribution in [3.63, 3.8) is 0 Å². The molecule has 0 radical (unpaired) electrons. The van der Waals surface area contributed by atoms with Crippen molar-refractivity contribution < 1.29 is 12.6 Å². The van der Waals surface area contributed by atoms with Gasteiger partial charge in [-0.3, -0.25) is 4.18 Å². The van der Waals surface area contributed by atoms with Crippen molar-refractivity contribution in [1.82, 2.24) is 0 Å². The van der Waals surface area contributed by atoms with E-state index in [1.54, 1.807) is 0 Å². The molecule has 1 aromatic carbocycles. The molecule has 0 fully saturated rings. The van der Waals surface area contributed by atoms with E-state index in [-0.39, 0.29) is 0 Å². The molecule has 0 saturated carbocycles. The molecule has 0 aliphatic heterocycles. The fourth-order valence-corrected chi connectivity index (χ4v) is 4.55. The van der Waals surface area contributed by atoms with E-state index in [0.29, 0.717) is 6.61 Å². The zero-order valence-electron chi connectivity index (χ0n) is 19.0. The van der Waals surface area contributed by atoms with Crippen LogP contribution in [-0.4, -0.2) is 21.3 Å². The first-order valence-electron chi connectivity index (χ1n) is 12.1. The SMILES string of the molecule is CS(=O)(=O)OCCCCCCCCCCCCCCCCCCc1ccc(I)cc1. The lowest BCUT2D eigenvalue weighted by molar-refractivity contribution is 0.309. The maximum absolute atomic E-state index is 10.8. The van der Waals surface area contributed by atoms with E-state index in [1.807, 2.05) is 0 Å². The number of unbranched alkanes of at least 4 members (excludes halogenated alkanes) is 15. The summed E-state index contributed by atoms with van der Waals surface area (Å²) in [7, 11) is -3.26. The van der Waals surface area contributed by atoms with E-state index in [1.165, 1.54) is 105 Å². The molecular weight excluding hydrogens is 507 g/mol. The van der Waals surface area contributed by atoms with E-state index in [4.69, 9.17) is 4.18 Å². The van der Waals surface area contributed by atoms with Crippen LogP contribution in [0.2, 0.25) is 0 Å². The highest BCUT2D eigenvalue weighted by molar-refractivity contribution is 14.1. The average Bonchev–Trinajstić information content (AvgIpc) is 2.70. The van der Waals surface area contributed by atoms with E-state index >= 15 is 0 Å². The van der Waals surface area contributed by atoms with Gasteiger partial charge in [-0.05, 0) is 59.5 Å². The third kappa shape index (κ3) is 18.6. The van der Waals surface area contributed by atoms with Gasteiger partial charge < -0.3 is 0 Å². The summed E-state index contributed by atoms with van der Waals surface area (Å²) in [6.45, 7) is 0.339. The topological polar surface area (TPSA) is 43.4 Å². The molecule has 0 atom stereocenters. The van der Waals surface area contributed by atoms with Gasteiger partial charge in [-0.2, -0.15) is 8.42 Å². The molecule has 0 bridgehead atoms. The Kier molecular flexibility index (Phi) is 17.1. The minimum atomic E-state index is -3.26. The molecule has 0 aromatic heterocycles. The molecule has 1 aromatic rings. The van der Waals surface area contributed by atoms with Crippen molar-refractivity contribution in [1.29, 1.82) is 0 Å². The molecule has 174 valence electrons. The van der Waals surface area contributed by atoms with Crippen LogP contribution in [0.3, 0.4) is 0 Å². The highest BCUT2D eigenvalue weighted by atomic mass is 127. The van der Waals surface area contributed by atoms with Gasteiger partial charge in [-0.25, -0.2) is 0 Å². The maximum atomic E-state index is 10.8. The van der Waals surface area contributed by atoms with E-state index < -0.39 is 10.1 Å². The van der Waals surface area contributed by atoms with Crippen molar-refractivity contribution >= 4 is 32.7 Å². The number of aryl methyl sites for hydroxylation is 1. The first kappa shape index (κ1) is 27.9. The maximum Gasteiger partial charge on any atom is 0.264 e. The van der Waals surface area contributed by atoms with Gasteiger partial charge in [0.1, 0.15) is 0 Å². The van der Waals surface area contributed by atoms with Crippen LogP contribution in [0.15, 0.2) is 24.3 Å². The first-order valence-corrected chi connectivity index (χ1v) is 15.0. The summed E-state index contributed by atoms with van der Waals surface area (Å²) in [4.78, 5) is 0. The number of benzene rings is 1. The lowest BCUT2D eigenvalue weighted by atomic mass is 10.0. The second-order valence-corrected chi connectivity index (χ2v) is 11.4. The van der Waals surface area contributed by atoms with Gasteiger partial charge in [0.2, 0.25) is 0 Å². The summed E-state index contributed by atoms with van der Waals surface area (Å²) in [5, 5.41) is 0. The van der Waals surface area contributed by atoms with Crippen molar-refractivity contribution in [3.8, 4) is 0 Å². The van der Waals surface area contributed by atoms with Crippen molar-refractivity contribution in [2.45, 2.75) is 109 Å². The highest BCUT2D eigenvalue weighted by Gasteiger charge is 2.00. The van der Waals surface area contributed by atoms with Crippen molar-refractivity contribution in [2.24, 2.45) is 0 Å². The fraction of sp³-hybridized carbons (Fsp3) is 0.760. The van der Waals surface area contributed by atoms with Gasteiger partial charge >= 0.3 is 0 Å². The Balaban J connectivity index is 1.72. The Morgan fingerprint density at radius 2 is 1.00 bits per heavy atom. The normalized spacial score (nSPS) is 11.8. The molecule has 0 spiro atoms. The number of hydrogen-bond donors (Lipinski definition) is 0. The van der Waals surface area contributed by atoms with Crippen LogP contribution in [0.4, 0.5) is 0 Å². The summed E-state index contributed by atoms with van der Waals surface area (Å²) < 4.78 is 27.7. The standard InChI is InChI=1S/C25H43IO3S/c1-30(27,28)29-23-17-15-13-11-9-7-5-3-2-4-6-8-10-12-14-16-18-24-19-21-25(26)22-20-24/h19-22H,2-18,23H2,1H3. The minimum absolute atomic E-state index is 0.339. The highest BCUT2D eigenvalue weighted by Crippen LogP contribution is 2.15. The quantitative estimate of drug-likeness (QED) is 0.0937. The zero-order chi connectivity index (χ0) is 21.9. The molecule has 0 N–H and O–H groups in total. The summed E-state index contributed by atoms with van der Waals surface area (Å²) >= 11 is 2.36. The lowest BCUT2D eigenvalue weighted by Crippen LogP contribution is -2.03. The van der Waals surface area contributed by atoms with Gasteiger partial charge in [0, 0.05) is 3.57 Å². The van der Waals surface area contributed by atoms with Crippen LogP contribution < -0.4 is 0 Å². The average molecular weight is 551 g/mol. The predicted octanol–water partition coefficient (Wildman–Crippen LogP) is 8.05. The zero-order valence-corrected chi connectivity index (χ0v) is 22.0. The second kappa shape index (κ2) is 18.4. The van der Waals surface area contributed by atoms with E-state index in [0.717, 1.165) is 19.1 Å². The molecule has 0 saturated heterocycles. The minimum Gasteiger partial charge on any atom is -0.270 e. The van der Waals surface area contributed by atoms with Gasteiger partial charge in [-0.15, -0.1) is 0 Å². The van der Waals surface area contributed by atoms with E-state index in [2.05, 4.69) is 46.9 Å². The van der Waals surface area contributed by atoms with Crippen LogP contribution in [-0.2, 0) is 20.7 Å². The Hall–Kier alpha value is -0.140. The van der Waals surface area contributed by atoms with Crippen LogP contribution >= 0.6 is 22.6 Å². The van der Waals surface area contributed by atoms with Gasteiger partial charge in [0.25, 0.3) is 10.1 Å². The number of halogens is 1. The smallest absolute Gasteiger partial charge is 0.264 e. The van der Waals surface area contributed by atoms with Crippen LogP contribution in [0, 0.1) is 3.57 Å². The van der Waals surface area contributed by atoms with E-state index in [9.17, 15) is 8.42 Å². The number of hydrogen-bond acceptors (Lipinski definition) is 3. The molecule has 0 aliphatic rings. The molecule has 0 unspecified atom stereocenters. The summed E-state index contributed by atoms with van der Waals surface area (Å²) in [5.41, 5.74) is 1.48. The molecule has 0 heterocycles. The summed E-state index contributed by atoms with van der Waals surface area (Å²) in [5.74, 6) is 0. The molecule has 5 heteroatoms. The molecule has 3 nitrogen and oxygen atoms in total. The Labute approximate surface area is 200 Å². The largest absolute Gasteiger partial charge is 0.270 e. The third-order valence-electron chi connectivity index (χ3n) is 5.57. The summed E-state index contributed by atoms with van der Waals surface area (Å²) in [6.07, 6.45) is 23.3. The third-order valence-corrected chi connectivity index (χ3v) is 6.88. The Morgan fingerprint density at radius 1 is 0.633 bits per heavy atom.